The van der Waals surface area contributed by atoms with Gasteiger partial charge in [0.15, 0.2) is 24.2 Å². The maximum atomic E-state index is 12.0. The Bertz CT molecular complexity index is 743. The topological polar surface area (TPSA) is 122 Å². The van der Waals surface area contributed by atoms with Gasteiger partial charge in [0.2, 0.25) is 5.91 Å². The van der Waals surface area contributed by atoms with E-state index in [2.05, 4.69) is 31.3 Å². The van der Waals surface area contributed by atoms with Crippen LogP contribution < -0.4 is 14.8 Å². The molecular weight excluding hydrogens is 390 g/mol. The molecule has 0 aromatic heterocycles. The number of rotatable bonds is 14. The highest BCUT2D eigenvalue weighted by molar-refractivity contribution is 5.76. The van der Waals surface area contributed by atoms with Crippen LogP contribution in [-0.2, 0) is 20.9 Å². The minimum absolute atomic E-state index is 0.0735. The van der Waals surface area contributed by atoms with Gasteiger partial charge in [-0.1, -0.05) is 32.1 Å². The summed E-state index contributed by atoms with van der Waals surface area (Å²) < 4.78 is 10.5. The summed E-state index contributed by atoms with van der Waals surface area (Å²) >= 11 is 0. The average Bonchev–Trinajstić information content (AvgIpc) is 2.68. The summed E-state index contributed by atoms with van der Waals surface area (Å²) in [5.41, 5.74) is 0.680. The molecule has 1 aromatic rings. The van der Waals surface area contributed by atoms with E-state index in [1.54, 1.807) is 6.07 Å². The number of hydrogen-bond acceptors (Lipinski definition) is 5. The molecule has 30 heavy (non-hydrogen) atoms. The highest BCUT2D eigenvalue weighted by Crippen LogP contribution is 2.29. The van der Waals surface area contributed by atoms with Crippen molar-refractivity contribution >= 4 is 17.8 Å². The number of carbonyl (C=O) groups excluding carboxylic acids is 1. The molecule has 1 amide bonds. The van der Waals surface area contributed by atoms with Crippen molar-refractivity contribution in [3.05, 3.63) is 35.9 Å². The third-order valence-electron chi connectivity index (χ3n) is 4.05. The molecule has 1 aromatic carbocycles. The molecule has 0 aliphatic carbocycles. The number of carboxylic acids is 2. The summed E-state index contributed by atoms with van der Waals surface area (Å²) in [6.45, 7) is 5.24. The molecule has 0 bridgehead atoms. The van der Waals surface area contributed by atoms with E-state index in [4.69, 9.17) is 19.7 Å². The molecule has 0 saturated heterocycles. The minimum Gasteiger partial charge on any atom is -0.479 e. The zero-order valence-electron chi connectivity index (χ0n) is 17.7. The minimum atomic E-state index is -1.17. The van der Waals surface area contributed by atoms with Gasteiger partial charge >= 0.3 is 11.9 Å². The van der Waals surface area contributed by atoms with Crippen LogP contribution >= 0.6 is 0 Å². The van der Waals surface area contributed by atoms with Crippen LogP contribution in [0.25, 0.3) is 0 Å². The van der Waals surface area contributed by atoms with Crippen molar-refractivity contribution in [2.24, 2.45) is 5.92 Å². The van der Waals surface area contributed by atoms with Crippen LogP contribution in [0.4, 0.5) is 0 Å². The first-order valence-corrected chi connectivity index (χ1v) is 9.99. The van der Waals surface area contributed by atoms with Crippen LogP contribution in [0.1, 0.15) is 52.0 Å². The molecular formula is C22H31NO7. The van der Waals surface area contributed by atoms with Crippen molar-refractivity contribution in [2.45, 2.75) is 59.1 Å². The van der Waals surface area contributed by atoms with Gasteiger partial charge in [0.1, 0.15) is 0 Å². The SMILES string of the molecule is CC(C)/C=C/CCCCC(=O)NCc1ccc(OC(C)C(=O)O)c(OCC(=O)O)c1. The molecule has 0 saturated carbocycles. The standard InChI is InChI=1S/C22H31NO7/c1-15(2)8-6-4-5-7-9-20(24)23-13-17-10-11-18(30-16(3)22(27)28)19(12-17)29-14-21(25)26/h6,8,10-12,15-16H,4-5,7,9,13-14H2,1-3H3,(H,23,24)(H,25,26)(H,27,28)/b8-6+. The summed E-state index contributed by atoms with van der Waals surface area (Å²) in [6, 6.07) is 4.69. The van der Waals surface area contributed by atoms with Gasteiger partial charge in [-0.25, -0.2) is 9.59 Å². The lowest BCUT2D eigenvalue weighted by Crippen LogP contribution is -2.24. The number of benzene rings is 1. The van der Waals surface area contributed by atoms with Crippen LogP contribution in [0.3, 0.4) is 0 Å². The molecule has 166 valence electrons. The largest absolute Gasteiger partial charge is 0.479 e. The van der Waals surface area contributed by atoms with E-state index in [9.17, 15) is 14.4 Å². The number of aliphatic carboxylic acids is 2. The fourth-order valence-corrected chi connectivity index (χ4v) is 2.46. The maximum Gasteiger partial charge on any atom is 0.344 e. The molecule has 1 atom stereocenters. The third-order valence-corrected chi connectivity index (χ3v) is 4.05. The van der Waals surface area contributed by atoms with E-state index in [1.165, 1.54) is 19.1 Å². The van der Waals surface area contributed by atoms with Crippen LogP contribution in [-0.4, -0.2) is 40.8 Å². The molecule has 0 aliphatic rings. The fourth-order valence-electron chi connectivity index (χ4n) is 2.46. The van der Waals surface area contributed by atoms with E-state index in [0.717, 1.165) is 19.3 Å². The van der Waals surface area contributed by atoms with Crippen LogP contribution in [0, 0.1) is 5.92 Å². The van der Waals surface area contributed by atoms with Crippen molar-refractivity contribution in [3.63, 3.8) is 0 Å². The van der Waals surface area contributed by atoms with Gasteiger partial charge in [-0.05, 0) is 49.8 Å². The zero-order chi connectivity index (χ0) is 22.5. The molecule has 0 radical (unpaired) electrons. The average molecular weight is 421 g/mol. The number of ether oxygens (including phenoxy) is 2. The van der Waals surface area contributed by atoms with Crippen molar-refractivity contribution in [1.29, 1.82) is 0 Å². The van der Waals surface area contributed by atoms with Gasteiger partial charge in [0, 0.05) is 13.0 Å². The third kappa shape index (κ3) is 10.5. The summed E-state index contributed by atoms with van der Waals surface area (Å²) in [5, 5.41) is 20.6. The van der Waals surface area contributed by atoms with Crippen molar-refractivity contribution in [1.82, 2.24) is 5.32 Å². The lowest BCUT2D eigenvalue weighted by molar-refractivity contribution is -0.144. The Labute approximate surface area is 176 Å². The van der Waals surface area contributed by atoms with Crippen molar-refractivity contribution in [3.8, 4) is 11.5 Å². The number of allylic oxidation sites excluding steroid dienone is 2. The zero-order valence-corrected chi connectivity index (χ0v) is 17.7. The van der Waals surface area contributed by atoms with Crippen molar-refractivity contribution in [2.75, 3.05) is 6.61 Å². The Morgan fingerprint density at radius 1 is 1.10 bits per heavy atom. The van der Waals surface area contributed by atoms with Gasteiger partial charge in [0.05, 0.1) is 0 Å². The molecule has 0 spiro atoms. The number of unbranched alkanes of at least 4 members (excludes halogenated alkanes) is 2. The monoisotopic (exact) mass is 421 g/mol. The second kappa shape index (κ2) is 13.2. The number of nitrogens with one attached hydrogen (secondary N) is 1. The Morgan fingerprint density at radius 2 is 1.83 bits per heavy atom. The lowest BCUT2D eigenvalue weighted by Gasteiger charge is -2.16. The number of amides is 1. The van der Waals surface area contributed by atoms with Gasteiger partial charge in [0.25, 0.3) is 0 Å². The molecule has 0 fully saturated rings. The van der Waals surface area contributed by atoms with E-state index in [0.29, 0.717) is 17.9 Å². The highest BCUT2D eigenvalue weighted by Gasteiger charge is 2.17. The number of carboxylic acid groups (broad SMARTS) is 2. The molecule has 3 N–H and O–H groups in total. The first-order valence-electron chi connectivity index (χ1n) is 9.99. The predicted octanol–water partition coefficient (Wildman–Crippen LogP) is 3.39. The Morgan fingerprint density at radius 3 is 2.47 bits per heavy atom. The first kappa shape index (κ1) is 25.0. The van der Waals surface area contributed by atoms with Gasteiger partial charge < -0.3 is 25.0 Å². The van der Waals surface area contributed by atoms with Gasteiger partial charge in [-0.3, -0.25) is 4.79 Å². The second-order valence-electron chi connectivity index (χ2n) is 7.26. The molecule has 0 aliphatic heterocycles. The van der Waals surface area contributed by atoms with E-state index < -0.39 is 24.6 Å². The number of hydrogen-bond donors (Lipinski definition) is 3. The van der Waals surface area contributed by atoms with E-state index >= 15 is 0 Å². The molecule has 8 heteroatoms. The summed E-state index contributed by atoms with van der Waals surface area (Å²) in [4.78, 5) is 33.8. The quantitative estimate of drug-likeness (QED) is 0.311. The Balaban J connectivity index is 2.59. The molecule has 1 rings (SSSR count). The van der Waals surface area contributed by atoms with Crippen LogP contribution in [0.15, 0.2) is 30.4 Å². The smallest absolute Gasteiger partial charge is 0.344 e. The maximum absolute atomic E-state index is 12.0. The Kier molecular flexibility index (Phi) is 11.0. The molecule has 0 heterocycles. The predicted molar refractivity (Wildman–Crippen MR) is 112 cm³/mol. The summed E-state index contributed by atoms with van der Waals surface area (Å²) in [6.07, 6.45) is 6.27. The fraction of sp³-hybridized carbons (Fsp3) is 0.500. The molecule has 1 unspecified atom stereocenters. The van der Waals surface area contributed by atoms with Crippen LogP contribution in [0.5, 0.6) is 11.5 Å². The highest BCUT2D eigenvalue weighted by atomic mass is 16.5. The van der Waals surface area contributed by atoms with Gasteiger partial charge in [-0.15, -0.1) is 0 Å². The Hall–Kier alpha value is -3.03. The van der Waals surface area contributed by atoms with E-state index in [1.807, 2.05) is 0 Å². The first-order chi connectivity index (χ1) is 14.2. The van der Waals surface area contributed by atoms with Crippen LogP contribution in [0.2, 0.25) is 0 Å². The summed E-state index contributed by atoms with van der Waals surface area (Å²) in [5.74, 6) is -1.65. The van der Waals surface area contributed by atoms with Crippen molar-refractivity contribution < 1.29 is 34.1 Å². The lowest BCUT2D eigenvalue weighted by atomic mass is 10.1. The number of carbonyl (C=O) groups is 3. The van der Waals surface area contributed by atoms with Gasteiger partial charge in [-0.2, -0.15) is 0 Å². The molecule has 8 nitrogen and oxygen atoms in total. The normalized spacial score (nSPS) is 12.0. The summed E-state index contributed by atoms with van der Waals surface area (Å²) in [7, 11) is 0. The van der Waals surface area contributed by atoms with E-state index in [-0.39, 0.29) is 24.0 Å². The second-order valence-corrected chi connectivity index (χ2v) is 7.26.